The van der Waals surface area contributed by atoms with Gasteiger partial charge in [-0.15, -0.1) is 0 Å². The molecular formula is C42H40F6N6O2. The van der Waals surface area contributed by atoms with Crippen LogP contribution in [0.15, 0.2) is 97.3 Å². The molecule has 0 saturated carbocycles. The van der Waals surface area contributed by atoms with Gasteiger partial charge in [0.15, 0.2) is 0 Å². The van der Waals surface area contributed by atoms with E-state index in [2.05, 4.69) is 30.6 Å². The molecule has 2 aliphatic heterocycles. The smallest absolute Gasteiger partial charge is 0.387 e. The molecule has 14 heteroatoms. The van der Waals surface area contributed by atoms with Crippen LogP contribution in [0.1, 0.15) is 73.2 Å². The Morgan fingerprint density at radius 1 is 0.554 bits per heavy atom. The molecule has 6 heterocycles. The fourth-order valence-electron chi connectivity index (χ4n) is 7.35. The van der Waals surface area contributed by atoms with Crippen molar-refractivity contribution in [3.05, 3.63) is 120 Å². The van der Waals surface area contributed by atoms with Gasteiger partial charge in [-0.25, -0.2) is 9.97 Å². The molecule has 4 aromatic heterocycles. The summed E-state index contributed by atoms with van der Waals surface area (Å²) in [5.41, 5.74) is 2.86. The van der Waals surface area contributed by atoms with Gasteiger partial charge < -0.3 is 20.8 Å². The minimum absolute atomic E-state index is 0.0573. The van der Waals surface area contributed by atoms with Crippen LogP contribution in [0.4, 0.5) is 26.3 Å². The first-order chi connectivity index (χ1) is 26.9. The Morgan fingerprint density at radius 3 is 1.30 bits per heavy atom. The maximum atomic E-state index is 12.8. The zero-order valence-electron chi connectivity index (χ0n) is 30.2. The van der Waals surface area contributed by atoms with Crippen molar-refractivity contribution < 1.29 is 36.6 Å². The minimum Gasteiger partial charge on any atom is -0.387 e. The van der Waals surface area contributed by atoms with E-state index in [0.717, 1.165) is 85.6 Å². The molecule has 2 saturated heterocycles. The molecule has 4 N–H and O–H groups in total. The van der Waals surface area contributed by atoms with Crippen LogP contribution >= 0.6 is 0 Å². The van der Waals surface area contributed by atoms with E-state index in [0.29, 0.717) is 33.5 Å². The van der Waals surface area contributed by atoms with Crippen molar-refractivity contribution in [3.8, 4) is 22.5 Å². The number of alkyl halides is 6. The lowest BCUT2D eigenvalue weighted by atomic mass is 9.92. The Labute approximate surface area is 319 Å². The van der Waals surface area contributed by atoms with Gasteiger partial charge in [-0.1, -0.05) is 49.2 Å². The molecule has 56 heavy (non-hydrogen) atoms. The van der Waals surface area contributed by atoms with E-state index in [1.807, 2.05) is 48.5 Å². The van der Waals surface area contributed by atoms with Crippen LogP contribution in [-0.2, 0) is 12.4 Å². The van der Waals surface area contributed by atoms with Gasteiger partial charge in [-0.05, 0) is 98.4 Å². The van der Waals surface area contributed by atoms with Crippen molar-refractivity contribution in [1.29, 1.82) is 0 Å². The second-order valence-corrected chi connectivity index (χ2v) is 14.1. The number of fused-ring (bicyclic) bond motifs is 2. The number of benzene rings is 2. The van der Waals surface area contributed by atoms with Gasteiger partial charge in [0.2, 0.25) is 0 Å². The average Bonchev–Trinajstić information content (AvgIpc) is 3.22. The number of pyridine rings is 4. The maximum Gasteiger partial charge on any atom is 0.433 e. The van der Waals surface area contributed by atoms with E-state index >= 15 is 0 Å². The number of halogens is 6. The van der Waals surface area contributed by atoms with Gasteiger partial charge >= 0.3 is 12.4 Å². The van der Waals surface area contributed by atoms with Crippen LogP contribution in [0.25, 0.3) is 44.3 Å². The van der Waals surface area contributed by atoms with E-state index in [1.165, 1.54) is 24.5 Å². The summed E-state index contributed by atoms with van der Waals surface area (Å²) in [6.45, 7) is 1.72. The molecule has 2 aromatic carbocycles. The first-order valence-corrected chi connectivity index (χ1v) is 18.6. The molecule has 0 spiro atoms. The van der Waals surface area contributed by atoms with Crippen molar-refractivity contribution >= 4 is 21.8 Å². The molecule has 4 atom stereocenters. The van der Waals surface area contributed by atoms with E-state index < -0.39 is 35.9 Å². The van der Waals surface area contributed by atoms with Crippen molar-refractivity contribution in [3.63, 3.8) is 0 Å². The van der Waals surface area contributed by atoms with Gasteiger partial charge in [-0.3, -0.25) is 9.97 Å². The van der Waals surface area contributed by atoms with Gasteiger partial charge in [0, 0.05) is 46.4 Å². The third-order valence-corrected chi connectivity index (χ3v) is 10.3. The number of hydrogen-bond donors (Lipinski definition) is 4. The van der Waals surface area contributed by atoms with Gasteiger partial charge in [0.1, 0.15) is 11.4 Å². The van der Waals surface area contributed by atoms with Gasteiger partial charge in [0.05, 0.1) is 34.6 Å². The number of nitrogens with one attached hydrogen (secondary N) is 2. The van der Waals surface area contributed by atoms with Gasteiger partial charge in [0.25, 0.3) is 0 Å². The van der Waals surface area contributed by atoms with Gasteiger partial charge in [-0.2, -0.15) is 26.3 Å². The van der Waals surface area contributed by atoms with E-state index in [1.54, 1.807) is 12.1 Å². The predicted molar refractivity (Wildman–Crippen MR) is 201 cm³/mol. The Kier molecular flexibility index (Phi) is 11.6. The van der Waals surface area contributed by atoms with Crippen LogP contribution in [0.2, 0.25) is 0 Å². The zero-order chi connectivity index (χ0) is 39.5. The summed E-state index contributed by atoms with van der Waals surface area (Å²) in [5.74, 6) is 0. The molecule has 2 aliphatic rings. The lowest BCUT2D eigenvalue weighted by Gasteiger charge is -2.29. The number of aliphatic hydroxyl groups is 2. The van der Waals surface area contributed by atoms with E-state index in [9.17, 15) is 36.6 Å². The summed E-state index contributed by atoms with van der Waals surface area (Å²) in [6.07, 6.45) is -2.06. The van der Waals surface area contributed by atoms with Crippen LogP contribution in [0.5, 0.6) is 0 Å². The highest BCUT2D eigenvalue weighted by Crippen LogP contribution is 2.35. The molecule has 2 fully saturated rings. The summed E-state index contributed by atoms with van der Waals surface area (Å²) >= 11 is 0. The second kappa shape index (κ2) is 16.6. The first-order valence-electron chi connectivity index (χ1n) is 18.6. The molecule has 6 aromatic rings. The molecule has 0 amide bonds. The normalized spacial score (nSPS) is 18.9. The average molecular weight is 775 g/mol. The second-order valence-electron chi connectivity index (χ2n) is 14.1. The lowest BCUT2D eigenvalue weighted by Crippen LogP contribution is -2.38. The molecule has 8 nitrogen and oxygen atoms in total. The summed E-state index contributed by atoms with van der Waals surface area (Å²) < 4.78 is 76.7. The Morgan fingerprint density at radius 2 is 0.964 bits per heavy atom. The van der Waals surface area contributed by atoms with E-state index in [4.69, 9.17) is 0 Å². The summed E-state index contributed by atoms with van der Waals surface area (Å²) in [4.78, 5) is 16.2. The van der Waals surface area contributed by atoms with Crippen LogP contribution in [0, 0.1) is 0 Å². The van der Waals surface area contributed by atoms with Crippen LogP contribution in [-0.4, -0.2) is 55.3 Å². The lowest BCUT2D eigenvalue weighted by molar-refractivity contribution is -0.141. The maximum absolute atomic E-state index is 12.8. The highest BCUT2D eigenvalue weighted by molar-refractivity contribution is 5.86. The Hall–Kier alpha value is -5.02. The molecule has 0 aliphatic carbocycles. The van der Waals surface area contributed by atoms with Crippen LogP contribution < -0.4 is 10.6 Å². The topological polar surface area (TPSA) is 116 Å². The SMILES string of the molecule is O[C@@H](c1cc(-c2ccc(C(F)(F)F)nc2)nc2ccccc12)[C@H]1CCCCN1.O[C@H](c1cc(-c2ccc(C(F)(F)F)nc2)nc2ccccc12)[C@@H]1CCCCN1. The molecule has 8 rings (SSSR count). The Balaban J connectivity index is 0.000000172. The number of para-hydroxylation sites is 2. The van der Waals surface area contributed by atoms with Crippen molar-refractivity contribution in [2.75, 3.05) is 13.1 Å². The number of aromatic nitrogens is 4. The third kappa shape index (κ3) is 8.83. The standard InChI is InChI=1S/2C21H20F3N3O/c2*22-21(23,24)19-9-8-13(12-26-19)18-11-15(14-5-1-2-6-16(14)27-18)20(28)17-7-3-4-10-25-17/h2*1-2,5-6,8-9,11-12,17,20,25,28H,3-4,7,10H2/t2*17-,20+/m10/s1. The zero-order valence-corrected chi connectivity index (χ0v) is 30.2. The molecule has 292 valence electrons. The highest BCUT2D eigenvalue weighted by Gasteiger charge is 2.33. The van der Waals surface area contributed by atoms with Crippen LogP contribution in [0.3, 0.4) is 0 Å². The predicted octanol–water partition coefficient (Wildman–Crippen LogP) is 8.98. The summed E-state index contributed by atoms with van der Waals surface area (Å²) in [7, 11) is 0. The number of nitrogens with zero attached hydrogens (tertiary/aromatic N) is 4. The van der Waals surface area contributed by atoms with E-state index in [-0.39, 0.29) is 12.1 Å². The fourth-order valence-corrected chi connectivity index (χ4v) is 7.35. The fraction of sp³-hybridized carbons (Fsp3) is 0.333. The molecule has 0 radical (unpaired) electrons. The van der Waals surface area contributed by atoms with Crippen molar-refractivity contribution in [2.45, 2.75) is 75.2 Å². The highest BCUT2D eigenvalue weighted by atomic mass is 19.4. The largest absolute Gasteiger partial charge is 0.433 e. The minimum atomic E-state index is -4.48. The first kappa shape index (κ1) is 39.2. The third-order valence-electron chi connectivity index (χ3n) is 10.3. The molecular weight excluding hydrogens is 734 g/mol. The molecule has 0 bridgehead atoms. The number of piperidine rings is 2. The quantitative estimate of drug-likeness (QED) is 0.124. The Bertz CT molecular complexity index is 2090. The number of rotatable bonds is 6. The molecule has 0 unspecified atom stereocenters. The summed E-state index contributed by atoms with van der Waals surface area (Å²) in [6, 6.07) is 23.0. The van der Waals surface area contributed by atoms with Crippen molar-refractivity contribution in [1.82, 2.24) is 30.6 Å². The number of hydrogen-bond acceptors (Lipinski definition) is 8. The summed E-state index contributed by atoms with van der Waals surface area (Å²) in [5, 5.41) is 30.4. The number of aliphatic hydroxyl groups excluding tert-OH is 2. The van der Waals surface area contributed by atoms with Crippen molar-refractivity contribution in [2.24, 2.45) is 0 Å². The monoisotopic (exact) mass is 774 g/mol.